The van der Waals surface area contributed by atoms with Crippen molar-refractivity contribution in [3.05, 3.63) is 71.4 Å². The van der Waals surface area contributed by atoms with E-state index in [1.54, 1.807) is 0 Å². The minimum atomic E-state index is -0.0444. The molecule has 0 bridgehead atoms. The Bertz CT molecular complexity index is 1400. The maximum absolute atomic E-state index is 13.0. The van der Waals surface area contributed by atoms with Crippen molar-refractivity contribution in [2.24, 2.45) is 5.92 Å². The number of aromatic nitrogens is 3. The van der Waals surface area contributed by atoms with Crippen molar-refractivity contribution in [3.63, 3.8) is 0 Å². The Morgan fingerprint density at radius 1 is 1.19 bits per heavy atom. The molecular weight excluding hydrogens is 483 g/mol. The van der Waals surface area contributed by atoms with Gasteiger partial charge in [-0.05, 0) is 53.9 Å². The second-order valence-corrected chi connectivity index (χ2v) is 10.5. The largest absolute Gasteiger partial charge is 0.370 e. The van der Waals surface area contributed by atoms with E-state index >= 15 is 0 Å². The fourth-order valence-corrected chi connectivity index (χ4v) is 5.06. The fraction of sp³-hybridized carbons (Fsp3) is 0.321. The average Bonchev–Trinajstić information content (AvgIpc) is 3.28. The normalized spacial score (nSPS) is 15.8. The van der Waals surface area contributed by atoms with Crippen molar-refractivity contribution in [2.75, 3.05) is 30.3 Å². The first-order chi connectivity index (χ1) is 17.9. The minimum Gasteiger partial charge on any atom is -0.370 e. The lowest BCUT2D eigenvalue weighted by molar-refractivity contribution is 0.180. The van der Waals surface area contributed by atoms with Gasteiger partial charge in [0, 0.05) is 48.2 Å². The highest BCUT2D eigenvalue weighted by molar-refractivity contribution is 6.36. The molecule has 0 aliphatic carbocycles. The van der Waals surface area contributed by atoms with E-state index in [0.717, 1.165) is 59.8 Å². The SMILES string of the molecule is Bc1cnn2c(NCC3CCCN(C(=O)Nc4ccc(C(C)C)cc4)C3)cc(-c3ccccc3Cl)nc12. The number of nitrogens with one attached hydrogen (secondary N) is 2. The van der Waals surface area contributed by atoms with Gasteiger partial charge in [0.15, 0.2) is 5.65 Å². The van der Waals surface area contributed by atoms with E-state index in [2.05, 4.69) is 41.7 Å². The molecule has 1 atom stereocenters. The summed E-state index contributed by atoms with van der Waals surface area (Å²) in [6.45, 7) is 6.52. The predicted octanol–water partition coefficient (Wildman–Crippen LogP) is 4.79. The molecule has 0 spiro atoms. The molecule has 1 saturated heterocycles. The molecule has 1 aliphatic rings. The summed E-state index contributed by atoms with van der Waals surface area (Å²) in [5.41, 5.74) is 5.58. The molecule has 5 rings (SSSR count). The zero-order valence-corrected chi connectivity index (χ0v) is 22.3. The maximum Gasteiger partial charge on any atom is 0.321 e. The van der Waals surface area contributed by atoms with Crippen molar-refractivity contribution < 1.29 is 4.79 Å². The van der Waals surface area contributed by atoms with E-state index in [1.165, 1.54) is 5.56 Å². The molecule has 0 saturated carbocycles. The van der Waals surface area contributed by atoms with Crippen LogP contribution in [0.25, 0.3) is 16.9 Å². The number of carbonyl (C=O) groups excluding carboxylic acids is 1. The van der Waals surface area contributed by atoms with Crippen LogP contribution >= 0.6 is 11.6 Å². The summed E-state index contributed by atoms with van der Waals surface area (Å²) in [6.07, 6.45) is 3.86. The first-order valence-corrected chi connectivity index (χ1v) is 13.3. The van der Waals surface area contributed by atoms with Crippen LogP contribution in [0.4, 0.5) is 16.3 Å². The lowest BCUT2D eigenvalue weighted by Crippen LogP contribution is -2.44. The van der Waals surface area contributed by atoms with Crippen molar-refractivity contribution in [1.29, 1.82) is 0 Å². The number of fused-ring (bicyclic) bond motifs is 1. The summed E-state index contributed by atoms with van der Waals surface area (Å²) in [5.74, 6) is 1.65. The molecule has 1 unspecified atom stereocenters. The van der Waals surface area contributed by atoms with Crippen LogP contribution < -0.4 is 16.1 Å². The van der Waals surface area contributed by atoms with Crippen molar-refractivity contribution >= 4 is 48.1 Å². The Labute approximate surface area is 223 Å². The minimum absolute atomic E-state index is 0.0444. The van der Waals surface area contributed by atoms with E-state index in [1.807, 2.05) is 65.9 Å². The third kappa shape index (κ3) is 5.59. The molecule has 2 amide bonds. The Morgan fingerprint density at radius 2 is 1.97 bits per heavy atom. The van der Waals surface area contributed by atoms with Gasteiger partial charge in [-0.2, -0.15) is 9.61 Å². The van der Waals surface area contributed by atoms with E-state index in [4.69, 9.17) is 16.6 Å². The molecule has 2 aromatic carbocycles. The van der Waals surface area contributed by atoms with Gasteiger partial charge in [0.1, 0.15) is 13.7 Å². The average molecular weight is 515 g/mol. The zero-order valence-electron chi connectivity index (χ0n) is 21.5. The second kappa shape index (κ2) is 10.8. The smallest absolute Gasteiger partial charge is 0.321 e. The van der Waals surface area contributed by atoms with Gasteiger partial charge >= 0.3 is 6.03 Å². The molecule has 1 fully saturated rings. The first-order valence-electron chi connectivity index (χ1n) is 12.9. The van der Waals surface area contributed by atoms with Crippen LogP contribution in [0.1, 0.15) is 38.2 Å². The summed E-state index contributed by atoms with van der Waals surface area (Å²) >= 11 is 6.47. The molecule has 0 radical (unpaired) electrons. The quantitative estimate of drug-likeness (QED) is 0.363. The molecule has 3 heterocycles. The monoisotopic (exact) mass is 514 g/mol. The standard InChI is InChI=1S/C28H32BClN6O/c1-18(2)20-9-11-21(12-10-20)33-28(37)35-13-5-6-19(17-35)15-31-26-14-25(22-7-3-4-8-24(22)30)34-27-23(29)16-32-36(26)27/h3-4,7-12,14,16,18-19,31H,5-6,13,15,17,29H2,1-2H3,(H,33,37). The lowest BCUT2D eigenvalue weighted by Gasteiger charge is -2.33. The molecule has 4 aromatic rings. The van der Waals surface area contributed by atoms with Crippen LogP contribution in [0, 0.1) is 5.92 Å². The molecule has 2 aromatic heterocycles. The predicted molar refractivity (Wildman–Crippen MR) is 154 cm³/mol. The number of carbonyl (C=O) groups is 1. The van der Waals surface area contributed by atoms with Gasteiger partial charge in [-0.1, -0.05) is 55.8 Å². The lowest BCUT2D eigenvalue weighted by atomic mass is 9.98. The highest BCUT2D eigenvalue weighted by atomic mass is 35.5. The number of anilines is 2. The second-order valence-electron chi connectivity index (χ2n) is 10.1. The number of urea groups is 1. The van der Waals surface area contributed by atoms with Gasteiger partial charge in [-0.3, -0.25) is 0 Å². The summed E-state index contributed by atoms with van der Waals surface area (Å²) < 4.78 is 1.84. The first kappa shape index (κ1) is 25.1. The number of benzene rings is 2. The number of hydrogen-bond donors (Lipinski definition) is 2. The summed E-state index contributed by atoms with van der Waals surface area (Å²) in [7, 11) is 2.00. The summed E-state index contributed by atoms with van der Waals surface area (Å²) in [6, 6.07) is 17.8. The number of halogens is 1. The van der Waals surface area contributed by atoms with E-state index in [0.29, 0.717) is 23.4 Å². The maximum atomic E-state index is 13.0. The number of likely N-dealkylation sites (tertiary alicyclic amines) is 1. The number of amides is 2. The molecule has 1 aliphatic heterocycles. The van der Waals surface area contributed by atoms with Crippen LogP contribution in [0.3, 0.4) is 0 Å². The molecule has 9 heteroatoms. The number of rotatable bonds is 6. The highest BCUT2D eigenvalue weighted by Crippen LogP contribution is 2.28. The number of hydrogen-bond acceptors (Lipinski definition) is 4. The van der Waals surface area contributed by atoms with Crippen LogP contribution in [0.15, 0.2) is 60.8 Å². The number of nitrogens with zero attached hydrogens (tertiary/aromatic N) is 4. The molecule has 37 heavy (non-hydrogen) atoms. The van der Waals surface area contributed by atoms with Gasteiger partial charge < -0.3 is 15.5 Å². The topological polar surface area (TPSA) is 74.6 Å². The fourth-order valence-electron chi connectivity index (χ4n) is 4.82. The molecular formula is C28H32BClN6O. The van der Waals surface area contributed by atoms with Gasteiger partial charge in [-0.25, -0.2) is 9.78 Å². The van der Waals surface area contributed by atoms with E-state index in [9.17, 15) is 4.79 Å². The molecule has 7 nitrogen and oxygen atoms in total. The number of piperidine rings is 1. The Hall–Kier alpha value is -3.52. The Balaban J connectivity index is 1.27. The van der Waals surface area contributed by atoms with Crippen LogP contribution in [0.5, 0.6) is 0 Å². The van der Waals surface area contributed by atoms with Gasteiger partial charge in [0.2, 0.25) is 0 Å². The van der Waals surface area contributed by atoms with Crippen molar-refractivity contribution in [3.8, 4) is 11.3 Å². The summed E-state index contributed by atoms with van der Waals surface area (Å²) in [5, 5.41) is 11.8. The molecule has 2 N–H and O–H groups in total. The van der Waals surface area contributed by atoms with Crippen molar-refractivity contribution in [1.82, 2.24) is 19.5 Å². The van der Waals surface area contributed by atoms with Crippen LogP contribution in [-0.2, 0) is 0 Å². The van der Waals surface area contributed by atoms with E-state index < -0.39 is 0 Å². The van der Waals surface area contributed by atoms with Gasteiger partial charge in [0.25, 0.3) is 0 Å². The summed E-state index contributed by atoms with van der Waals surface area (Å²) in [4.78, 5) is 19.7. The molecule has 190 valence electrons. The third-order valence-corrected chi connectivity index (χ3v) is 7.33. The van der Waals surface area contributed by atoms with Crippen LogP contribution in [0.2, 0.25) is 5.02 Å². The third-order valence-electron chi connectivity index (χ3n) is 7.00. The van der Waals surface area contributed by atoms with E-state index in [-0.39, 0.29) is 6.03 Å². The van der Waals surface area contributed by atoms with Crippen molar-refractivity contribution in [2.45, 2.75) is 32.6 Å². The van der Waals surface area contributed by atoms with Gasteiger partial charge in [-0.15, -0.1) is 0 Å². The zero-order chi connectivity index (χ0) is 25.9. The highest BCUT2D eigenvalue weighted by Gasteiger charge is 2.24. The van der Waals surface area contributed by atoms with Gasteiger partial charge in [0.05, 0.1) is 5.69 Å². The van der Waals surface area contributed by atoms with Crippen LogP contribution in [-0.4, -0.2) is 53.0 Å². The Kier molecular flexibility index (Phi) is 7.37. The Morgan fingerprint density at radius 3 is 2.73 bits per heavy atom.